The van der Waals surface area contributed by atoms with Crippen molar-refractivity contribution < 1.29 is 7.80 Å². The minimum Gasteiger partial charge on any atom is -0.371 e. The highest BCUT2D eigenvalue weighted by Crippen LogP contribution is 2.09. The van der Waals surface area contributed by atoms with Crippen LogP contribution in [0.1, 0.15) is 0 Å². The van der Waals surface area contributed by atoms with Crippen LogP contribution in [0.2, 0.25) is 0 Å². The zero-order valence-electron chi connectivity index (χ0n) is 3.19. The largest absolute Gasteiger partial charge is 0.371 e. The Morgan fingerprint density at radius 1 is 2.00 bits per heavy atom. The number of rotatable bonds is 2. The van der Waals surface area contributed by atoms with Gasteiger partial charge in [-0.2, -0.15) is 0 Å². The maximum Gasteiger partial charge on any atom is 0.109 e. The second-order valence-corrected chi connectivity index (χ2v) is 1.85. The zero-order chi connectivity index (χ0) is 4.41. The standard InChI is InChI=1S/C3H5IO2/c4-6-2-3-1-5-3/h3H,1-2H2/t3-/m1/s1. The second-order valence-electron chi connectivity index (χ2n) is 1.23. The lowest BCUT2D eigenvalue weighted by molar-refractivity contribution is 0.321. The molecule has 36 valence electrons. The van der Waals surface area contributed by atoms with Gasteiger partial charge in [0.25, 0.3) is 0 Å². The molecule has 0 saturated carbocycles. The summed E-state index contributed by atoms with van der Waals surface area (Å²) in [4.78, 5) is 0. The molecule has 1 aliphatic heterocycles. The highest BCUT2D eigenvalue weighted by molar-refractivity contribution is 14.1. The van der Waals surface area contributed by atoms with Crippen molar-refractivity contribution >= 4 is 23.0 Å². The van der Waals surface area contributed by atoms with Gasteiger partial charge in [-0.05, 0) is 0 Å². The Bertz CT molecular complexity index is 44.1. The van der Waals surface area contributed by atoms with Gasteiger partial charge in [-0.15, -0.1) is 0 Å². The normalized spacial score (nSPS) is 30.5. The van der Waals surface area contributed by atoms with Crippen molar-refractivity contribution in [3.8, 4) is 0 Å². The van der Waals surface area contributed by atoms with Gasteiger partial charge < -0.3 is 7.80 Å². The lowest BCUT2D eigenvalue weighted by Crippen LogP contribution is -1.90. The number of hydrogen-bond donors (Lipinski definition) is 0. The highest BCUT2D eigenvalue weighted by Gasteiger charge is 2.21. The fourth-order valence-electron chi connectivity index (χ4n) is 0.235. The van der Waals surface area contributed by atoms with Gasteiger partial charge in [0.05, 0.1) is 13.2 Å². The van der Waals surface area contributed by atoms with Crippen molar-refractivity contribution in [2.24, 2.45) is 0 Å². The summed E-state index contributed by atoms with van der Waals surface area (Å²) in [7, 11) is 0. The van der Waals surface area contributed by atoms with Gasteiger partial charge >= 0.3 is 0 Å². The van der Waals surface area contributed by atoms with E-state index in [1.807, 2.05) is 23.0 Å². The quantitative estimate of drug-likeness (QED) is 0.484. The van der Waals surface area contributed by atoms with Gasteiger partial charge in [0.15, 0.2) is 0 Å². The van der Waals surface area contributed by atoms with Crippen LogP contribution in [0.15, 0.2) is 0 Å². The van der Waals surface area contributed by atoms with E-state index in [1.54, 1.807) is 0 Å². The molecule has 3 heteroatoms. The summed E-state index contributed by atoms with van der Waals surface area (Å²) in [6.45, 7) is 1.64. The molecule has 0 aromatic heterocycles. The molecule has 1 saturated heterocycles. The Hall–Kier alpha value is 0.650. The first-order valence-corrected chi connectivity index (χ1v) is 2.66. The number of ether oxygens (including phenoxy) is 1. The number of halogens is 1. The minimum absolute atomic E-state index is 0.418. The van der Waals surface area contributed by atoms with Crippen LogP contribution in [-0.4, -0.2) is 19.3 Å². The molecular weight excluding hydrogens is 195 g/mol. The van der Waals surface area contributed by atoms with E-state index in [9.17, 15) is 0 Å². The fourth-order valence-corrected chi connectivity index (χ4v) is 0.636. The Kier molecular flexibility index (Phi) is 1.67. The van der Waals surface area contributed by atoms with E-state index in [4.69, 9.17) is 7.80 Å². The molecule has 1 atom stereocenters. The molecule has 6 heavy (non-hydrogen) atoms. The predicted molar refractivity (Wildman–Crippen MR) is 29.7 cm³/mol. The third-order valence-electron chi connectivity index (χ3n) is 0.651. The van der Waals surface area contributed by atoms with Crippen LogP contribution in [-0.2, 0) is 7.80 Å². The Labute approximate surface area is 50.5 Å². The van der Waals surface area contributed by atoms with Crippen molar-refractivity contribution in [2.45, 2.75) is 6.10 Å². The third-order valence-corrected chi connectivity index (χ3v) is 1.01. The summed E-state index contributed by atoms with van der Waals surface area (Å²) in [5, 5.41) is 0. The minimum atomic E-state index is 0.418. The molecule has 0 aromatic carbocycles. The van der Waals surface area contributed by atoms with Gasteiger partial charge in [0.2, 0.25) is 0 Å². The molecule has 1 rings (SSSR count). The first-order valence-electron chi connectivity index (χ1n) is 1.78. The van der Waals surface area contributed by atoms with E-state index in [-0.39, 0.29) is 0 Å². The van der Waals surface area contributed by atoms with E-state index in [1.165, 1.54) is 0 Å². The van der Waals surface area contributed by atoms with Crippen LogP contribution >= 0.6 is 23.0 Å². The van der Waals surface area contributed by atoms with Gasteiger partial charge in [-0.25, -0.2) is 0 Å². The third kappa shape index (κ3) is 1.40. The number of epoxide rings is 1. The summed E-state index contributed by atoms with van der Waals surface area (Å²) in [6.07, 6.45) is 0.418. The molecule has 0 spiro atoms. The van der Waals surface area contributed by atoms with Crippen LogP contribution < -0.4 is 0 Å². The van der Waals surface area contributed by atoms with E-state index >= 15 is 0 Å². The topological polar surface area (TPSA) is 21.8 Å². The summed E-state index contributed by atoms with van der Waals surface area (Å²) in [5.41, 5.74) is 0. The first-order chi connectivity index (χ1) is 2.93. The Balaban J connectivity index is 1.88. The van der Waals surface area contributed by atoms with Crippen molar-refractivity contribution in [1.82, 2.24) is 0 Å². The lowest BCUT2D eigenvalue weighted by atomic mass is 10.5. The molecule has 1 fully saturated rings. The van der Waals surface area contributed by atoms with E-state index in [0.29, 0.717) is 6.10 Å². The van der Waals surface area contributed by atoms with Crippen LogP contribution in [0.3, 0.4) is 0 Å². The van der Waals surface area contributed by atoms with Gasteiger partial charge in [0.1, 0.15) is 29.1 Å². The fraction of sp³-hybridized carbons (Fsp3) is 1.00. The highest BCUT2D eigenvalue weighted by atomic mass is 127. The molecule has 2 nitrogen and oxygen atoms in total. The molecule has 0 unspecified atom stereocenters. The second kappa shape index (κ2) is 2.09. The molecular formula is C3H5IO2. The van der Waals surface area contributed by atoms with Crippen molar-refractivity contribution in [1.29, 1.82) is 0 Å². The van der Waals surface area contributed by atoms with E-state index in [0.717, 1.165) is 13.2 Å². The van der Waals surface area contributed by atoms with Gasteiger partial charge in [-0.3, -0.25) is 0 Å². The summed E-state index contributed by atoms with van der Waals surface area (Å²) in [5.74, 6) is 0. The van der Waals surface area contributed by atoms with Crippen molar-refractivity contribution in [2.75, 3.05) is 13.2 Å². The van der Waals surface area contributed by atoms with Crippen LogP contribution in [0, 0.1) is 0 Å². The lowest BCUT2D eigenvalue weighted by Gasteiger charge is -1.81. The SMILES string of the molecule is IOC[C@H]1CO1. The molecule has 0 radical (unpaired) electrons. The van der Waals surface area contributed by atoms with Crippen LogP contribution in [0.5, 0.6) is 0 Å². The smallest absolute Gasteiger partial charge is 0.109 e. The summed E-state index contributed by atoms with van der Waals surface area (Å²) < 4.78 is 9.53. The van der Waals surface area contributed by atoms with Gasteiger partial charge in [-0.1, -0.05) is 0 Å². The number of hydrogen-bond acceptors (Lipinski definition) is 2. The molecule has 0 amide bonds. The molecule has 1 aliphatic rings. The van der Waals surface area contributed by atoms with Crippen LogP contribution in [0.4, 0.5) is 0 Å². The summed E-state index contributed by atoms with van der Waals surface area (Å²) >= 11 is 1.86. The molecule has 0 aromatic rings. The van der Waals surface area contributed by atoms with Crippen LogP contribution in [0.25, 0.3) is 0 Å². The monoisotopic (exact) mass is 200 g/mol. The molecule has 1 heterocycles. The zero-order valence-corrected chi connectivity index (χ0v) is 5.34. The maximum absolute atomic E-state index is 4.82. The Morgan fingerprint density at radius 2 is 2.67 bits per heavy atom. The van der Waals surface area contributed by atoms with E-state index < -0.39 is 0 Å². The van der Waals surface area contributed by atoms with E-state index in [2.05, 4.69) is 0 Å². The van der Waals surface area contributed by atoms with Crippen molar-refractivity contribution in [3.63, 3.8) is 0 Å². The molecule has 0 bridgehead atoms. The Morgan fingerprint density at radius 3 is 2.83 bits per heavy atom. The predicted octanol–water partition coefficient (Wildman–Crippen LogP) is 0.752. The molecule has 0 aliphatic carbocycles. The average Bonchev–Trinajstić information content (AvgIpc) is 2.21. The average molecular weight is 200 g/mol. The maximum atomic E-state index is 4.82. The molecule has 0 N–H and O–H groups in total. The first kappa shape index (κ1) is 4.80. The van der Waals surface area contributed by atoms with Gasteiger partial charge in [0, 0.05) is 0 Å². The summed E-state index contributed by atoms with van der Waals surface area (Å²) in [6, 6.07) is 0. The van der Waals surface area contributed by atoms with Crippen molar-refractivity contribution in [3.05, 3.63) is 0 Å².